The van der Waals surface area contributed by atoms with Crippen LogP contribution in [-0.4, -0.2) is 37.1 Å². The molecule has 1 fully saturated rings. The van der Waals surface area contributed by atoms with Gasteiger partial charge in [0.25, 0.3) is 0 Å². The molecule has 0 aliphatic heterocycles. The lowest BCUT2D eigenvalue weighted by Crippen LogP contribution is -2.30. The number of hydrogen-bond acceptors (Lipinski definition) is 7. The molecule has 0 unspecified atom stereocenters. The number of carbonyl (C=O) groups is 1. The molecule has 0 radical (unpaired) electrons. The first-order valence-electron chi connectivity index (χ1n) is 14.1. The fraction of sp³-hybridized carbons (Fsp3) is 0.406. The molecule has 0 bridgehead atoms. The summed E-state index contributed by atoms with van der Waals surface area (Å²) in [5, 5.41) is 13.0. The maximum atomic E-state index is 12.2. The third-order valence-corrected chi connectivity index (χ3v) is 9.15. The zero-order valence-corrected chi connectivity index (χ0v) is 24.8. The summed E-state index contributed by atoms with van der Waals surface area (Å²) < 4.78 is 5.84. The van der Waals surface area contributed by atoms with E-state index in [1.807, 2.05) is 20.0 Å². The highest BCUT2D eigenvalue weighted by Crippen LogP contribution is 2.42. The van der Waals surface area contributed by atoms with E-state index in [1.165, 1.54) is 27.1 Å². The molecule has 8 heteroatoms. The van der Waals surface area contributed by atoms with Gasteiger partial charge in [-0.1, -0.05) is 24.3 Å². The van der Waals surface area contributed by atoms with Crippen LogP contribution >= 0.6 is 11.3 Å². The Hall–Kier alpha value is -3.49. The Morgan fingerprint density at radius 1 is 1.10 bits per heavy atom. The molecule has 2 heterocycles. The average Bonchev–Trinajstić information content (AvgIpc) is 3.47. The van der Waals surface area contributed by atoms with Crippen molar-refractivity contribution in [3.8, 4) is 16.9 Å². The number of nitrogens with zero attached hydrogens (tertiary/aromatic N) is 2. The molecule has 2 aromatic heterocycles. The van der Waals surface area contributed by atoms with Crippen molar-refractivity contribution >= 4 is 34.0 Å². The van der Waals surface area contributed by atoms with Crippen molar-refractivity contribution in [2.45, 2.75) is 58.0 Å². The first kappa shape index (κ1) is 28.1. The minimum Gasteiger partial charge on any atom is -0.496 e. The number of aryl methyl sites for hydroxylation is 1. The normalized spacial score (nSPS) is 17.9. The Morgan fingerprint density at radius 2 is 1.88 bits per heavy atom. The lowest BCUT2D eigenvalue weighted by Gasteiger charge is -2.29. The van der Waals surface area contributed by atoms with Crippen LogP contribution < -0.4 is 20.7 Å². The Balaban J connectivity index is 1.43. The number of benzene rings is 2. The van der Waals surface area contributed by atoms with Crippen LogP contribution in [0.4, 0.5) is 5.82 Å². The van der Waals surface area contributed by atoms with Crippen molar-refractivity contribution < 1.29 is 9.53 Å². The van der Waals surface area contributed by atoms with Gasteiger partial charge in [0.1, 0.15) is 17.4 Å². The van der Waals surface area contributed by atoms with Crippen molar-refractivity contribution in [2.24, 2.45) is 5.92 Å². The van der Waals surface area contributed by atoms with Crippen LogP contribution in [0, 0.1) is 12.8 Å². The zero-order chi connectivity index (χ0) is 28.2. The molecule has 210 valence electrons. The molecule has 3 N–H and O–H groups in total. The molecule has 1 aliphatic rings. The van der Waals surface area contributed by atoms with Crippen LogP contribution in [0.3, 0.4) is 0 Å². The molecular weight excluding hydrogens is 518 g/mol. The number of nitrogens with one attached hydrogen (secondary N) is 3. The zero-order valence-electron chi connectivity index (χ0n) is 24.0. The van der Waals surface area contributed by atoms with Gasteiger partial charge in [-0.15, -0.1) is 11.3 Å². The van der Waals surface area contributed by atoms with E-state index >= 15 is 0 Å². The Kier molecular flexibility index (Phi) is 8.66. The maximum Gasteiger partial charge on any atom is 0.222 e. The Labute approximate surface area is 240 Å². The monoisotopic (exact) mass is 557 g/mol. The SMILES string of the molecule is CNCc1ccccc1-c1csc([C@@H](C)Nc2nc(C)nc3cc(OC)c(C4CCC(C(=O)NC)CC4)cc23)c1. The molecule has 1 aliphatic carbocycles. The molecule has 0 spiro atoms. The molecule has 4 aromatic rings. The van der Waals surface area contributed by atoms with Crippen LogP contribution in [0.15, 0.2) is 47.8 Å². The van der Waals surface area contributed by atoms with Gasteiger partial charge in [-0.25, -0.2) is 9.97 Å². The highest BCUT2D eigenvalue weighted by molar-refractivity contribution is 7.10. The summed E-state index contributed by atoms with van der Waals surface area (Å²) in [6, 6.07) is 15.2. The first-order valence-corrected chi connectivity index (χ1v) is 15.0. The van der Waals surface area contributed by atoms with Crippen LogP contribution in [0.5, 0.6) is 5.75 Å². The van der Waals surface area contributed by atoms with Gasteiger partial charge in [0.05, 0.1) is 18.7 Å². The van der Waals surface area contributed by atoms with Crippen LogP contribution in [-0.2, 0) is 11.3 Å². The summed E-state index contributed by atoms with van der Waals surface area (Å²) in [5.74, 6) is 2.99. The van der Waals surface area contributed by atoms with E-state index in [1.54, 1.807) is 25.5 Å². The number of fused-ring (bicyclic) bond motifs is 1. The van der Waals surface area contributed by atoms with E-state index in [-0.39, 0.29) is 17.9 Å². The molecule has 1 saturated carbocycles. The van der Waals surface area contributed by atoms with E-state index in [0.717, 1.165) is 60.5 Å². The molecule has 7 nitrogen and oxygen atoms in total. The molecule has 0 saturated heterocycles. The summed E-state index contributed by atoms with van der Waals surface area (Å²) >= 11 is 1.77. The second kappa shape index (κ2) is 12.4. The summed E-state index contributed by atoms with van der Waals surface area (Å²) in [6.45, 7) is 4.95. The molecular formula is C32H39N5O2S. The second-order valence-corrected chi connectivity index (χ2v) is 11.6. The highest BCUT2D eigenvalue weighted by Gasteiger charge is 2.29. The van der Waals surface area contributed by atoms with Crippen LogP contribution in [0.1, 0.15) is 66.4 Å². The van der Waals surface area contributed by atoms with Gasteiger partial charge in [0, 0.05) is 35.8 Å². The topological polar surface area (TPSA) is 88.2 Å². The Bertz CT molecular complexity index is 1490. The summed E-state index contributed by atoms with van der Waals surface area (Å²) in [4.78, 5) is 23.0. The predicted molar refractivity (Wildman–Crippen MR) is 164 cm³/mol. The number of aromatic nitrogens is 2. The number of hydrogen-bond donors (Lipinski definition) is 3. The van der Waals surface area contributed by atoms with Gasteiger partial charge in [0.15, 0.2) is 0 Å². The molecule has 1 amide bonds. The van der Waals surface area contributed by atoms with Crippen molar-refractivity contribution in [3.05, 3.63) is 69.7 Å². The van der Waals surface area contributed by atoms with Crippen molar-refractivity contribution in [1.82, 2.24) is 20.6 Å². The van der Waals surface area contributed by atoms with E-state index in [0.29, 0.717) is 5.92 Å². The van der Waals surface area contributed by atoms with Crippen molar-refractivity contribution in [2.75, 3.05) is 26.5 Å². The highest BCUT2D eigenvalue weighted by atomic mass is 32.1. The molecule has 5 rings (SSSR count). The summed E-state index contributed by atoms with van der Waals surface area (Å²) in [7, 11) is 5.42. The third-order valence-electron chi connectivity index (χ3n) is 8.04. The number of thiophene rings is 1. The standard InChI is InChI=1S/C32H39N5O2S/c1-19(30-14-24(18-40-30)25-9-7-6-8-23(25)17-33-3)35-31-27-15-26(21-10-12-22(13-11-21)32(38)34-4)29(39-5)16-28(27)36-20(2)37-31/h6-9,14-16,18-19,21-22,33H,10-13,17H2,1-5H3,(H,34,38)(H,35,36,37)/t19-,21?,22?/m1/s1. The first-order chi connectivity index (χ1) is 19.4. The fourth-order valence-corrected chi connectivity index (χ4v) is 6.83. The van der Waals surface area contributed by atoms with Gasteiger partial charge in [-0.3, -0.25) is 4.79 Å². The Morgan fingerprint density at radius 3 is 2.60 bits per heavy atom. The number of anilines is 1. The number of ether oxygens (including phenoxy) is 1. The van der Waals surface area contributed by atoms with E-state index in [4.69, 9.17) is 14.7 Å². The van der Waals surface area contributed by atoms with Crippen molar-refractivity contribution in [1.29, 1.82) is 0 Å². The van der Waals surface area contributed by atoms with Gasteiger partial charge in [0.2, 0.25) is 5.91 Å². The third kappa shape index (κ3) is 5.83. The molecule has 40 heavy (non-hydrogen) atoms. The van der Waals surface area contributed by atoms with Gasteiger partial charge < -0.3 is 20.7 Å². The lowest BCUT2D eigenvalue weighted by atomic mass is 9.78. The number of rotatable bonds is 9. The second-order valence-electron chi connectivity index (χ2n) is 10.7. The van der Waals surface area contributed by atoms with Crippen LogP contribution in [0.25, 0.3) is 22.0 Å². The molecule has 2 aromatic carbocycles. The van der Waals surface area contributed by atoms with E-state index in [9.17, 15) is 4.79 Å². The number of methoxy groups -OCH3 is 1. The largest absolute Gasteiger partial charge is 0.496 e. The average molecular weight is 558 g/mol. The van der Waals surface area contributed by atoms with E-state index in [2.05, 4.69) is 64.7 Å². The summed E-state index contributed by atoms with van der Waals surface area (Å²) in [5.41, 5.74) is 5.83. The van der Waals surface area contributed by atoms with Crippen molar-refractivity contribution in [3.63, 3.8) is 0 Å². The summed E-state index contributed by atoms with van der Waals surface area (Å²) in [6.07, 6.45) is 3.68. The predicted octanol–water partition coefficient (Wildman–Crippen LogP) is 6.59. The quantitative estimate of drug-likeness (QED) is 0.215. The van der Waals surface area contributed by atoms with Gasteiger partial charge in [-0.05, 0) is 92.3 Å². The van der Waals surface area contributed by atoms with Gasteiger partial charge >= 0.3 is 0 Å². The van der Waals surface area contributed by atoms with Gasteiger partial charge in [-0.2, -0.15) is 0 Å². The maximum absolute atomic E-state index is 12.2. The number of carbonyl (C=O) groups excluding carboxylic acids is 1. The van der Waals surface area contributed by atoms with Crippen LogP contribution in [0.2, 0.25) is 0 Å². The number of amides is 1. The smallest absolute Gasteiger partial charge is 0.222 e. The molecule has 1 atom stereocenters. The fourth-order valence-electron chi connectivity index (χ4n) is 5.91. The lowest BCUT2D eigenvalue weighted by molar-refractivity contribution is -0.125. The van der Waals surface area contributed by atoms with E-state index < -0.39 is 0 Å². The minimum atomic E-state index is 0.0706. The minimum absolute atomic E-state index is 0.0706.